The van der Waals surface area contributed by atoms with Gasteiger partial charge < -0.3 is 9.32 Å². The topological polar surface area (TPSA) is 46.3 Å². The summed E-state index contributed by atoms with van der Waals surface area (Å²) in [6.07, 6.45) is 2.60. The third-order valence-electron chi connectivity index (χ3n) is 1.75. The fourth-order valence-corrected chi connectivity index (χ4v) is 0.733. The molecule has 1 rings (SSSR count). The molecule has 0 N–H and O–H groups in total. The van der Waals surface area contributed by atoms with E-state index in [4.69, 9.17) is 4.42 Å². The van der Waals surface area contributed by atoms with Gasteiger partial charge in [-0.15, -0.1) is 0 Å². The first-order valence-electron chi connectivity index (χ1n) is 3.78. The van der Waals surface area contributed by atoms with Crippen molar-refractivity contribution in [1.29, 1.82) is 0 Å². The third kappa shape index (κ3) is 1.64. The predicted octanol–water partition coefficient (Wildman–Crippen LogP) is 1.16. The third-order valence-corrected chi connectivity index (χ3v) is 1.75. The molecule has 66 valence electrons. The first-order valence-corrected chi connectivity index (χ1v) is 3.78. The molecule has 1 amide bonds. The Morgan fingerprint density at radius 2 is 2.33 bits per heavy atom. The molecule has 1 heterocycles. The van der Waals surface area contributed by atoms with Gasteiger partial charge in [0.05, 0.1) is 0 Å². The van der Waals surface area contributed by atoms with Gasteiger partial charge in [0.2, 0.25) is 0 Å². The van der Waals surface area contributed by atoms with Crippen LogP contribution in [0.15, 0.2) is 17.1 Å². The van der Waals surface area contributed by atoms with E-state index in [1.807, 2.05) is 13.8 Å². The van der Waals surface area contributed by atoms with Crippen LogP contribution in [0.3, 0.4) is 0 Å². The predicted molar refractivity (Wildman–Crippen MR) is 43.7 cm³/mol. The van der Waals surface area contributed by atoms with Crippen LogP contribution >= 0.6 is 0 Å². The lowest BCUT2D eigenvalue weighted by Gasteiger charge is -2.19. The van der Waals surface area contributed by atoms with Gasteiger partial charge in [-0.1, -0.05) is 0 Å². The molecule has 0 bridgehead atoms. The largest absolute Gasteiger partial charge is 0.451 e. The molecule has 0 unspecified atom stereocenters. The molecule has 0 atom stereocenters. The average molecular weight is 168 g/mol. The van der Waals surface area contributed by atoms with Gasteiger partial charge in [0.15, 0.2) is 12.1 Å². The van der Waals surface area contributed by atoms with E-state index in [2.05, 4.69) is 4.98 Å². The quantitative estimate of drug-likeness (QED) is 0.665. The second kappa shape index (κ2) is 3.38. The standard InChI is InChI=1S/C8H12N2O2/c1-6(2)10(3)8(11)7-4-12-5-9-7/h4-6H,1-3H3. The van der Waals surface area contributed by atoms with Gasteiger partial charge in [-0.3, -0.25) is 4.79 Å². The van der Waals surface area contributed by atoms with E-state index in [0.717, 1.165) is 0 Å². The van der Waals surface area contributed by atoms with Crippen molar-refractivity contribution < 1.29 is 9.21 Å². The minimum atomic E-state index is -0.112. The summed E-state index contributed by atoms with van der Waals surface area (Å²) in [4.78, 5) is 16.8. The minimum Gasteiger partial charge on any atom is -0.451 e. The van der Waals surface area contributed by atoms with Gasteiger partial charge in [-0.25, -0.2) is 4.98 Å². The Bertz CT molecular complexity index is 254. The Balaban J connectivity index is 2.72. The maximum absolute atomic E-state index is 11.5. The van der Waals surface area contributed by atoms with Gasteiger partial charge in [-0.2, -0.15) is 0 Å². The first kappa shape index (κ1) is 8.77. The number of carbonyl (C=O) groups is 1. The first-order chi connectivity index (χ1) is 5.63. The molecular weight excluding hydrogens is 156 g/mol. The number of rotatable bonds is 2. The summed E-state index contributed by atoms with van der Waals surface area (Å²) in [5.41, 5.74) is 0.353. The number of hydrogen-bond acceptors (Lipinski definition) is 3. The molecule has 1 aromatic heterocycles. The van der Waals surface area contributed by atoms with E-state index in [1.54, 1.807) is 11.9 Å². The van der Waals surface area contributed by atoms with Crippen molar-refractivity contribution in [2.75, 3.05) is 7.05 Å². The fraction of sp³-hybridized carbons (Fsp3) is 0.500. The van der Waals surface area contributed by atoms with Crippen LogP contribution in [0.1, 0.15) is 24.3 Å². The van der Waals surface area contributed by atoms with E-state index >= 15 is 0 Å². The summed E-state index contributed by atoms with van der Waals surface area (Å²) >= 11 is 0. The maximum Gasteiger partial charge on any atom is 0.275 e. The average Bonchev–Trinajstić information content (AvgIpc) is 2.53. The lowest BCUT2D eigenvalue weighted by atomic mass is 10.3. The second-order valence-electron chi connectivity index (χ2n) is 2.88. The molecular formula is C8H12N2O2. The van der Waals surface area contributed by atoms with Crippen LogP contribution in [-0.2, 0) is 0 Å². The van der Waals surface area contributed by atoms with Crippen LogP contribution in [0, 0.1) is 0 Å². The van der Waals surface area contributed by atoms with Crippen LogP contribution < -0.4 is 0 Å². The normalized spacial score (nSPS) is 10.3. The summed E-state index contributed by atoms with van der Waals surface area (Å²) in [7, 11) is 1.74. The summed E-state index contributed by atoms with van der Waals surface area (Å²) in [5.74, 6) is -0.112. The van der Waals surface area contributed by atoms with Crippen molar-refractivity contribution in [2.45, 2.75) is 19.9 Å². The Hall–Kier alpha value is -1.32. The highest BCUT2D eigenvalue weighted by molar-refractivity contribution is 5.91. The van der Waals surface area contributed by atoms with Gasteiger partial charge in [0, 0.05) is 13.1 Å². The molecule has 0 aliphatic heterocycles. The lowest BCUT2D eigenvalue weighted by Crippen LogP contribution is -2.33. The molecule has 4 heteroatoms. The summed E-state index contributed by atoms with van der Waals surface area (Å²) in [6, 6.07) is 0.175. The number of oxazole rings is 1. The molecule has 1 aromatic rings. The highest BCUT2D eigenvalue weighted by Gasteiger charge is 2.15. The van der Waals surface area contributed by atoms with Crippen LogP contribution in [0.5, 0.6) is 0 Å². The lowest BCUT2D eigenvalue weighted by molar-refractivity contribution is 0.0749. The zero-order valence-corrected chi connectivity index (χ0v) is 7.44. The molecule has 0 aliphatic carbocycles. The Kier molecular flexibility index (Phi) is 2.47. The van der Waals surface area contributed by atoms with Crippen LogP contribution in [0.25, 0.3) is 0 Å². The Morgan fingerprint density at radius 3 is 2.75 bits per heavy atom. The second-order valence-corrected chi connectivity index (χ2v) is 2.88. The zero-order valence-electron chi connectivity index (χ0n) is 7.44. The van der Waals surface area contributed by atoms with Gasteiger partial charge in [0.25, 0.3) is 5.91 Å². The van der Waals surface area contributed by atoms with Crippen LogP contribution in [0.2, 0.25) is 0 Å². The van der Waals surface area contributed by atoms with Crippen LogP contribution in [0.4, 0.5) is 0 Å². The zero-order chi connectivity index (χ0) is 9.14. The van der Waals surface area contributed by atoms with Crippen molar-refractivity contribution in [3.63, 3.8) is 0 Å². The van der Waals surface area contributed by atoms with E-state index < -0.39 is 0 Å². The van der Waals surface area contributed by atoms with Gasteiger partial charge in [-0.05, 0) is 13.8 Å². The molecule has 0 fully saturated rings. The molecule has 12 heavy (non-hydrogen) atoms. The summed E-state index contributed by atoms with van der Waals surface area (Å²) < 4.78 is 4.71. The molecule has 0 aromatic carbocycles. The number of hydrogen-bond donors (Lipinski definition) is 0. The van der Waals surface area contributed by atoms with Crippen molar-refractivity contribution in [1.82, 2.24) is 9.88 Å². The summed E-state index contributed by atoms with van der Waals surface area (Å²) in [6.45, 7) is 3.88. The smallest absolute Gasteiger partial charge is 0.275 e. The van der Waals surface area contributed by atoms with E-state index in [9.17, 15) is 4.79 Å². The van der Waals surface area contributed by atoms with Crippen molar-refractivity contribution >= 4 is 5.91 Å². The van der Waals surface area contributed by atoms with Crippen molar-refractivity contribution in [3.8, 4) is 0 Å². The number of aromatic nitrogens is 1. The van der Waals surface area contributed by atoms with Gasteiger partial charge in [0.1, 0.15) is 6.26 Å². The van der Waals surface area contributed by atoms with Gasteiger partial charge >= 0.3 is 0 Å². The molecule has 0 saturated carbocycles. The molecule has 4 nitrogen and oxygen atoms in total. The number of nitrogens with zero attached hydrogens (tertiary/aromatic N) is 2. The van der Waals surface area contributed by atoms with E-state index in [-0.39, 0.29) is 11.9 Å². The van der Waals surface area contributed by atoms with Crippen LogP contribution in [-0.4, -0.2) is 28.9 Å². The highest BCUT2D eigenvalue weighted by Crippen LogP contribution is 2.02. The van der Waals surface area contributed by atoms with E-state index in [0.29, 0.717) is 5.69 Å². The molecule has 0 saturated heterocycles. The maximum atomic E-state index is 11.5. The Morgan fingerprint density at radius 1 is 1.67 bits per heavy atom. The van der Waals surface area contributed by atoms with Crippen molar-refractivity contribution in [2.24, 2.45) is 0 Å². The Labute approximate surface area is 71.2 Å². The monoisotopic (exact) mass is 168 g/mol. The molecule has 0 spiro atoms. The van der Waals surface area contributed by atoms with E-state index in [1.165, 1.54) is 12.7 Å². The molecule has 0 radical (unpaired) electrons. The SMILES string of the molecule is CC(C)N(C)C(=O)c1cocn1. The number of amides is 1. The minimum absolute atomic E-state index is 0.112. The summed E-state index contributed by atoms with van der Waals surface area (Å²) in [5, 5.41) is 0. The highest BCUT2D eigenvalue weighted by atomic mass is 16.3. The van der Waals surface area contributed by atoms with Crippen molar-refractivity contribution in [3.05, 3.63) is 18.4 Å². The number of carbonyl (C=O) groups excluding carboxylic acids is 1. The molecule has 0 aliphatic rings. The fourth-order valence-electron chi connectivity index (χ4n) is 0.733.